The molecule has 2 aromatic heterocycles. The number of fused-ring (bicyclic) bond motifs is 1. The summed E-state index contributed by atoms with van der Waals surface area (Å²) >= 11 is 0. The van der Waals surface area contributed by atoms with Gasteiger partial charge in [-0.15, -0.1) is 0 Å². The van der Waals surface area contributed by atoms with Gasteiger partial charge in [0.2, 0.25) is 5.78 Å². The molecule has 0 radical (unpaired) electrons. The normalized spacial score (nSPS) is 11.7. The molecule has 0 atom stereocenters. The van der Waals surface area contributed by atoms with Crippen molar-refractivity contribution in [1.29, 1.82) is 0 Å². The number of aromatic nitrogens is 3. The van der Waals surface area contributed by atoms with Gasteiger partial charge in [-0.05, 0) is 36.8 Å². The quantitative estimate of drug-likeness (QED) is 0.348. The molecule has 6 nitrogen and oxygen atoms in total. The molecule has 33 heavy (non-hydrogen) atoms. The molecule has 0 fully saturated rings. The van der Waals surface area contributed by atoms with Gasteiger partial charge in [-0.1, -0.05) is 12.1 Å². The number of hydrogen-bond donors (Lipinski definition) is 1. The molecule has 0 aliphatic carbocycles. The molecule has 0 saturated carbocycles. The van der Waals surface area contributed by atoms with Gasteiger partial charge in [0.15, 0.2) is 0 Å². The highest BCUT2D eigenvalue weighted by molar-refractivity contribution is 5.96. The maximum atomic E-state index is 14.2. The number of imidazole rings is 1. The van der Waals surface area contributed by atoms with E-state index in [9.17, 15) is 31.5 Å². The fraction of sp³-hybridized carbons (Fsp3) is 0.136. The predicted octanol–water partition coefficient (Wildman–Crippen LogP) is 4.83. The number of H-pyrrole nitrogens is 1. The Hall–Kier alpha value is -4.02. The first-order valence-corrected chi connectivity index (χ1v) is 9.55. The summed E-state index contributed by atoms with van der Waals surface area (Å²) < 4.78 is 72.1. The summed E-state index contributed by atoms with van der Waals surface area (Å²) in [7, 11) is 0. The van der Waals surface area contributed by atoms with E-state index in [1.807, 2.05) is 0 Å². The number of rotatable bonds is 4. The first-order chi connectivity index (χ1) is 15.6. The van der Waals surface area contributed by atoms with E-state index in [0.29, 0.717) is 6.07 Å². The van der Waals surface area contributed by atoms with Crippen LogP contribution < -0.4 is 5.56 Å². The number of benzene rings is 2. The molecular formula is C22H14F5N3O3. The molecule has 2 aromatic carbocycles. The Labute approximate surface area is 182 Å². The molecule has 4 rings (SSSR count). The van der Waals surface area contributed by atoms with Gasteiger partial charge >= 0.3 is 12.1 Å². The summed E-state index contributed by atoms with van der Waals surface area (Å²) in [5.74, 6) is -2.83. The third-order valence-corrected chi connectivity index (χ3v) is 4.81. The lowest BCUT2D eigenvalue weighted by atomic mass is 10.0. The largest absolute Gasteiger partial charge is 0.462 e. The Balaban J connectivity index is 1.94. The molecule has 2 heterocycles. The minimum Gasteiger partial charge on any atom is -0.462 e. The number of carbonyl (C=O) groups excluding carboxylic acids is 1. The van der Waals surface area contributed by atoms with Crippen LogP contribution >= 0.6 is 0 Å². The Morgan fingerprint density at radius 2 is 1.82 bits per heavy atom. The molecular weight excluding hydrogens is 449 g/mol. The molecule has 0 aliphatic heterocycles. The van der Waals surface area contributed by atoms with Crippen LogP contribution in [0.25, 0.3) is 28.3 Å². The van der Waals surface area contributed by atoms with Crippen LogP contribution in [0.2, 0.25) is 0 Å². The topological polar surface area (TPSA) is 76.5 Å². The smallest absolute Gasteiger partial charge is 0.416 e. The number of nitrogens with one attached hydrogen (secondary N) is 1. The van der Waals surface area contributed by atoms with E-state index in [2.05, 4.69) is 9.97 Å². The van der Waals surface area contributed by atoms with Crippen LogP contribution in [-0.2, 0) is 10.9 Å². The number of nitrogens with zero attached hydrogens (tertiary/aromatic N) is 2. The van der Waals surface area contributed by atoms with Crippen LogP contribution in [-0.4, -0.2) is 26.9 Å². The SMILES string of the molecule is CCOC(=O)c1c(-c2ccc(C(F)(F)F)cc2)[nH]c2nc(-c3ccc(F)cc3F)cn2c1=O. The highest BCUT2D eigenvalue weighted by Crippen LogP contribution is 2.31. The lowest BCUT2D eigenvalue weighted by Crippen LogP contribution is -2.25. The third kappa shape index (κ3) is 4.09. The van der Waals surface area contributed by atoms with E-state index in [0.717, 1.165) is 47.0 Å². The van der Waals surface area contributed by atoms with E-state index in [1.54, 1.807) is 0 Å². The Morgan fingerprint density at radius 3 is 2.42 bits per heavy atom. The minimum atomic E-state index is -4.57. The van der Waals surface area contributed by atoms with Gasteiger partial charge in [-0.2, -0.15) is 13.2 Å². The van der Waals surface area contributed by atoms with E-state index in [-0.39, 0.29) is 34.9 Å². The highest BCUT2D eigenvalue weighted by atomic mass is 19.4. The number of aromatic amines is 1. The van der Waals surface area contributed by atoms with Gasteiger partial charge in [0, 0.05) is 17.8 Å². The fourth-order valence-corrected chi connectivity index (χ4v) is 3.29. The van der Waals surface area contributed by atoms with Crippen molar-refractivity contribution in [2.45, 2.75) is 13.1 Å². The van der Waals surface area contributed by atoms with E-state index < -0.39 is 40.5 Å². The fourth-order valence-electron chi connectivity index (χ4n) is 3.29. The van der Waals surface area contributed by atoms with Crippen LogP contribution in [0, 0.1) is 11.6 Å². The number of hydrogen-bond acceptors (Lipinski definition) is 4. The standard InChI is InChI=1S/C22H14F5N3O3/c1-2-33-20(32)17-18(11-3-5-12(6-4-11)22(25,26)27)29-21-28-16(10-30(21)19(17)31)14-8-7-13(23)9-15(14)24/h3-10H,2H2,1H3,(H,28,29). The van der Waals surface area contributed by atoms with Gasteiger partial charge in [-0.25, -0.2) is 18.6 Å². The van der Waals surface area contributed by atoms with Crippen molar-refractivity contribution < 1.29 is 31.5 Å². The van der Waals surface area contributed by atoms with Crippen LogP contribution in [0.5, 0.6) is 0 Å². The Bertz CT molecular complexity index is 1420. The van der Waals surface area contributed by atoms with Gasteiger partial charge in [0.1, 0.15) is 17.2 Å². The van der Waals surface area contributed by atoms with Crippen LogP contribution in [0.15, 0.2) is 53.5 Å². The zero-order valence-corrected chi connectivity index (χ0v) is 16.8. The van der Waals surface area contributed by atoms with Crippen molar-refractivity contribution in [3.63, 3.8) is 0 Å². The molecule has 0 saturated heterocycles. The van der Waals surface area contributed by atoms with Gasteiger partial charge in [-0.3, -0.25) is 9.20 Å². The number of halogens is 5. The van der Waals surface area contributed by atoms with Crippen molar-refractivity contribution in [3.8, 4) is 22.5 Å². The molecule has 170 valence electrons. The predicted molar refractivity (Wildman–Crippen MR) is 108 cm³/mol. The highest BCUT2D eigenvalue weighted by Gasteiger charge is 2.30. The lowest BCUT2D eigenvalue weighted by Gasteiger charge is -2.11. The van der Waals surface area contributed by atoms with Crippen molar-refractivity contribution in [1.82, 2.24) is 14.4 Å². The van der Waals surface area contributed by atoms with Gasteiger partial charge in [0.05, 0.1) is 23.6 Å². The Morgan fingerprint density at radius 1 is 1.12 bits per heavy atom. The lowest BCUT2D eigenvalue weighted by molar-refractivity contribution is -0.137. The minimum absolute atomic E-state index is 0.0276. The van der Waals surface area contributed by atoms with Gasteiger partial charge in [0.25, 0.3) is 5.56 Å². The van der Waals surface area contributed by atoms with Crippen molar-refractivity contribution >= 4 is 11.7 Å². The molecule has 1 N–H and O–H groups in total. The van der Waals surface area contributed by atoms with Crippen LogP contribution in [0.1, 0.15) is 22.8 Å². The second kappa shape index (κ2) is 8.15. The maximum absolute atomic E-state index is 14.2. The molecule has 0 bridgehead atoms. The van der Waals surface area contributed by atoms with E-state index >= 15 is 0 Å². The monoisotopic (exact) mass is 463 g/mol. The summed E-state index contributed by atoms with van der Waals surface area (Å²) in [4.78, 5) is 32.5. The molecule has 0 aliphatic rings. The summed E-state index contributed by atoms with van der Waals surface area (Å²) in [5, 5.41) is 0. The van der Waals surface area contributed by atoms with Crippen molar-refractivity contribution in [2.24, 2.45) is 0 Å². The van der Waals surface area contributed by atoms with Crippen LogP contribution in [0.4, 0.5) is 22.0 Å². The zero-order valence-electron chi connectivity index (χ0n) is 16.8. The summed E-state index contributed by atoms with van der Waals surface area (Å²) in [6.07, 6.45) is -3.42. The second-order valence-corrected chi connectivity index (χ2v) is 6.92. The molecule has 0 unspecified atom stereocenters. The number of alkyl halides is 3. The van der Waals surface area contributed by atoms with Crippen molar-refractivity contribution in [3.05, 3.63) is 81.8 Å². The van der Waals surface area contributed by atoms with Crippen molar-refractivity contribution in [2.75, 3.05) is 6.61 Å². The van der Waals surface area contributed by atoms with Crippen LogP contribution in [0.3, 0.4) is 0 Å². The van der Waals surface area contributed by atoms with Gasteiger partial charge < -0.3 is 9.72 Å². The number of ether oxygens (including phenoxy) is 1. The summed E-state index contributed by atoms with van der Waals surface area (Å²) in [6.45, 7) is 1.47. The van der Waals surface area contributed by atoms with E-state index in [4.69, 9.17) is 4.74 Å². The second-order valence-electron chi connectivity index (χ2n) is 6.92. The molecule has 0 amide bonds. The third-order valence-electron chi connectivity index (χ3n) is 4.81. The summed E-state index contributed by atoms with van der Waals surface area (Å²) in [5.41, 5.74) is -2.39. The van der Waals surface area contributed by atoms with E-state index in [1.165, 1.54) is 6.92 Å². The zero-order chi connectivity index (χ0) is 23.9. The Kier molecular flexibility index (Phi) is 5.48. The first kappa shape index (κ1) is 22.2. The number of carbonyl (C=O) groups is 1. The average molecular weight is 463 g/mol. The first-order valence-electron chi connectivity index (χ1n) is 9.55. The maximum Gasteiger partial charge on any atom is 0.416 e. The molecule has 0 spiro atoms. The molecule has 11 heteroatoms. The summed E-state index contributed by atoms with van der Waals surface area (Å²) in [6, 6.07) is 6.60. The molecule has 4 aromatic rings. The number of esters is 1. The average Bonchev–Trinajstić information content (AvgIpc) is 3.17.